The molecule has 0 spiro atoms. The predicted octanol–water partition coefficient (Wildman–Crippen LogP) is 2.87. The zero-order chi connectivity index (χ0) is 14.6. The standard InChI is InChI=1S/C15H23N3OS/c1-3-15(4-2)10-11(8-9-19-15)17-13-7-5-6-12(18-13)14(16)20/h5-7,11H,3-4,8-10H2,1-2H3,(H2,16,20)(H,17,18). The minimum absolute atomic E-state index is 0.0106. The van der Waals surface area contributed by atoms with Gasteiger partial charge in [0.15, 0.2) is 0 Å². The van der Waals surface area contributed by atoms with Crippen LogP contribution in [-0.4, -0.2) is 28.2 Å². The molecule has 1 aromatic heterocycles. The first-order chi connectivity index (χ1) is 9.58. The summed E-state index contributed by atoms with van der Waals surface area (Å²) in [6.45, 7) is 5.18. The second-order valence-corrected chi connectivity index (χ2v) is 5.78. The molecule has 1 aliphatic heterocycles. The van der Waals surface area contributed by atoms with Crippen LogP contribution in [0.4, 0.5) is 5.82 Å². The van der Waals surface area contributed by atoms with Crippen LogP contribution >= 0.6 is 12.2 Å². The van der Waals surface area contributed by atoms with Crippen molar-refractivity contribution in [3.63, 3.8) is 0 Å². The van der Waals surface area contributed by atoms with E-state index in [1.54, 1.807) is 0 Å². The fraction of sp³-hybridized carbons (Fsp3) is 0.600. The Morgan fingerprint density at radius 3 is 2.90 bits per heavy atom. The van der Waals surface area contributed by atoms with Crippen molar-refractivity contribution in [3.05, 3.63) is 23.9 Å². The second kappa shape index (κ2) is 6.50. The molecular weight excluding hydrogens is 270 g/mol. The molecule has 5 heteroatoms. The van der Waals surface area contributed by atoms with Gasteiger partial charge in [-0.2, -0.15) is 0 Å². The molecule has 110 valence electrons. The van der Waals surface area contributed by atoms with E-state index >= 15 is 0 Å². The molecule has 0 radical (unpaired) electrons. The molecule has 1 aromatic rings. The SMILES string of the molecule is CCC1(CC)CC(Nc2cccc(C(N)=S)n2)CCO1. The minimum Gasteiger partial charge on any atom is -0.388 e. The Labute approximate surface area is 126 Å². The first kappa shape index (κ1) is 15.2. The normalized spacial score (nSPS) is 21.4. The van der Waals surface area contributed by atoms with Gasteiger partial charge < -0.3 is 15.8 Å². The number of nitrogens with zero attached hydrogens (tertiary/aromatic N) is 1. The molecule has 0 aromatic carbocycles. The quantitative estimate of drug-likeness (QED) is 0.818. The average molecular weight is 293 g/mol. The summed E-state index contributed by atoms with van der Waals surface area (Å²) in [5.74, 6) is 0.836. The molecule has 0 bridgehead atoms. The van der Waals surface area contributed by atoms with E-state index in [1.165, 1.54) is 0 Å². The number of nitrogens with one attached hydrogen (secondary N) is 1. The van der Waals surface area contributed by atoms with Gasteiger partial charge in [-0.25, -0.2) is 4.98 Å². The van der Waals surface area contributed by atoms with Crippen LogP contribution in [0.3, 0.4) is 0 Å². The predicted molar refractivity (Wildman–Crippen MR) is 86.0 cm³/mol. The van der Waals surface area contributed by atoms with Gasteiger partial charge in [0, 0.05) is 12.6 Å². The largest absolute Gasteiger partial charge is 0.388 e. The maximum absolute atomic E-state index is 5.99. The van der Waals surface area contributed by atoms with Crippen LogP contribution in [0.25, 0.3) is 0 Å². The summed E-state index contributed by atoms with van der Waals surface area (Å²) < 4.78 is 5.99. The summed E-state index contributed by atoms with van der Waals surface area (Å²) in [7, 11) is 0. The van der Waals surface area contributed by atoms with Crippen molar-refractivity contribution in [2.45, 2.75) is 51.2 Å². The van der Waals surface area contributed by atoms with Crippen LogP contribution < -0.4 is 11.1 Å². The van der Waals surface area contributed by atoms with E-state index in [-0.39, 0.29) is 5.60 Å². The molecule has 2 heterocycles. The lowest BCUT2D eigenvalue weighted by Gasteiger charge is -2.40. The van der Waals surface area contributed by atoms with E-state index in [0.29, 0.717) is 16.7 Å². The molecule has 1 fully saturated rings. The van der Waals surface area contributed by atoms with Crippen LogP contribution in [0, 0.1) is 0 Å². The molecule has 2 rings (SSSR count). The van der Waals surface area contributed by atoms with Crippen molar-refractivity contribution in [1.82, 2.24) is 4.98 Å². The van der Waals surface area contributed by atoms with Gasteiger partial charge in [-0.1, -0.05) is 32.1 Å². The molecule has 1 unspecified atom stereocenters. The van der Waals surface area contributed by atoms with Crippen LogP contribution in [-0.2, 0) is 4.74 Å². The summed E-state index contributed by atoms with van der Waals surface area (Å²) in [6.07, 6.45) is 4.10. The lowest BCUT2D eigenvalue weighted by Crippen LogP contribution is -2.43. The van der Waals surface area contributed by atoms with Gasteiger partial charge in [0.05, 0.1) is 11.3 Å². The smallest absolute Gasteiger partial charge is 0.126 e. The van der Waals surface area contributed by atoms with E-state index in [2.05, 4.69) is 24.1 Å². The van der Waals surface area contributed by atoms with E-state index in [4.69, 9.17) is 22.7 Å². The number of thiocarbonyl (C=S) groups is 1. The van der Waals surface area contributed by atoms with E-state index in [0.717, 1.165) is 38.1 Å². The van der Waals surface area contributed by atoms with Gasteiger partial charge in [-0.05, 0) is 37.8 Å². The summed E-state index contributed by atoms with van der Waals surface area (Å²) in [6, 6.07) is 6.10. The Hall–Kier alpha value is -1.20. The zero-order valence-electron chi connectivity index (χ0n) is 12.2. The van der Waals surface area contributed by atoms with Gasteiger partial charge in [0.25, 0.3) is 0 Å². The van der Waals surface area contributed by atoms with Gasteiger partial charge in [-0.15, -0.1) is 0 Å². The number of rotatable bonds is 5. The number of hydrogen-bond donors (Lipinski definition) is 2. The Morgan fingerprint density at radius 2 is 2.25 bits per heavy atom. The number of nitrogens with two attached hydrogens (primary N) is 1. The van der Waals surface area contributed by atoms with Crippen molar-refractivity contribution in [2.24, 2.45) is 5.73 Å². The highest BCUT2D eigenvalue weighted by molar-refractivity contribution is 7.80. The van der Waals surface area contributed by atoms with Crippen LogP contribution in [0.1, 0.15) is 45.2 Å². The highest BCUT2D eigenvalue weighted by Crippen LogP contribution is 2.32. The van der Waals surface area contributed by atoms with Gasteiger partial charge >= 0.3 is 0 Å². The van der Waals surface area contributed by atoms with Crippen LogP contribution in [0.5, 0.6) is 0 Å². The van der Waals surface area contributed by atoms with Crippen molar-refractivity contribution >= 4 is 23.0 Å². The third-order valence-electron chi connectivity index (χ3n) is 4.14. The first-order valence-corrected chi connectivity index (χ1v) is 7.67. The summed E-state index contributed by atoms with van der Waals surface area (Å²) in [5, 5.41) is 3.49. The number of pyridine rings is 1. The molecule has 3 N–H and O–H groups in total. The van der Waals surface area contributed by atoms with Crippen molar-refractivity contribution in [3.8, 4) is 0 Å². The Morgan fingerprint density at radius 1 is 1.50 bits per heavy atom. The van der Waals surface area contributed by atoms with Gasteiger partial charge in [0.2, 0.25) is 0 Å². The number of aromatic nitrogens is 1. The molecule has 1 aliphatic rings. The Kier molecular flexibility index (Phi) is 4.94. The lowest BCUT2D eigenvalue weighted by atomic mass is 9.86. The van der Waals surface area contributed by atoms with E-state index < -0.39 is 0 Å². The van der Waals surface area contributed by atoms with Gasteiger partial charge in [0.1, 0.15) is 10.8 Å². The lowest BCUT2D eigenvalue weighted by molar-refractivity contribution is -0.0864. The highest BCUT2D eigenvalue weighted by Gasteiger charge is 2.34. The van der Waals surface area contributed by atoms with E-state index in [1.807, 2.05) is 18.2 Å². The summed E-state index contributed by atoms with van der Waals surface area (Å²) in [4.78, 5) is 4.78. The molecule has 20 heavy (non-hydrogen) atoms. The number of anilines is 1. The Bertz CT molecular complexity index is 474. The van der Waals surface area contributed by atoms with Crippen molar-refractivity contribution in [1.29, 1.82) is 0 Å². The van der Waals surface area contributed by atoms with Gasteiger partial charge in [-0.3, -0.25) is 0 Å². The third-order valence-corrected chi connectivity index (χ3v) is 4.34. The minimum atomic E-state index is 0.0106. The van der Waals surface area contributed by atoms with Crippen LogP contribution in [0.2, 0.25) is 0 Å². The molecule has 1 saturated heterocycles. The molecule has 0 saturated carbocycles. The monoisotopic (exact) mass is 293 g/mol. The Balaban J connectivity index is 2.06. The zero-order valence-corrected chi connectivity index (χ0v) is 13.0. The highest BCUT2D eigenvalue weighted by atomic mass is 32.1. The average Bonchev–Trinajstić information content (AvgIpc) is 2.47. The maximum atomic E-state index is 5.99. The summed E-state index contributed by atoms with van der Waals surface area (Å²) in [5.41, 5.74) is 6.30. The third kappa shape index (κ3) is 3.46. The second-order valence-electron chi connectivity index (χ2n) is 5.34. The maximum Gasteiger partial charge on any atom is 0.126 e. The van der Waals surface area contributed by atoms with E-state index in [9.17, 15) is 0 Å². The first-order valence-electron chi connectivity index (χ1n) is 7.26. The number of hydrogen-bond acceptors (Lipinski definition) is 4. The molecular formula is C15H23N3OS. The molecule has 1 atom stereocenters. The van der Waals surface area contributed by atoms with Crippen LogP contribution in [0.15, 0.2) is 18.2 Å². The summed E-state index contributed by atoms with van der Waals surface area (Å²) >= 11 is 4.97. The number of ether oxygens (including phenoxy) is 1. The molecule has 4 nitrogen and oxygen atoms in total. The fourth-order valence-electron chi connectivity index (χ4n) is 2.76. The topological polar surface area (TPSA) is 60.2 Å². The van der Waals surface area contributed by atoms with Crippen molar-refractivity contribution < 1.29 is 4.74 Å². The molecule has 0 amide bonds. The fourth-order valence-corrected chi connectivity index (χ4v) is 2.87. The molecule has 0 aliphatic carbocycles. The van der Waals surface area contributed by atoms with Crippen molar-refractivity contribution in [2.75, 3.05) is 11.9 Å².